The first-order valence-corrected chi connectivity index (χ1v) is 9.06. The minimum absolute atomic E-state index is 0. The number of nitrogens with zero attached hydrogens (tertiary/aromatic N) is 2. The van der Waals surface area contributed by atoms with Crippen LogP contribution in [-0.4, -0.2) is 50.1 Å². The third-order valence-electron chi connectivity index (χ3n) is 4.56. The lowest BCUT2D eigenvalue weighted by molar-refractivity contribution is 0.252. The highest BCUT2D eigenvalue weighted by molar-refractivity contribution is 14.0. The molecule has 136 valence electrons. The summed E-state index contributed by atoms with van der Waals surface area (Å²) in [6, 6.07) is 11.4. The number of benzene rings is 1. The van der Waals surface area contributed by atoms with Crippen LogP contribution in [0, 0.1) is 0 Å². The molecule has 0 heterocycles. The van der Waals surface area contributed by atoms with Gasteiger partial charge in [-0.15, -0.1) is 24.0 Å². The molecule has 0 aliphatic heterocycles. The summed E-state index contributed by atoms with van der Waals surface area (Å²) in [6.45, 7) is 5.82. The van der Waals surface area contributed by atoms with Gasteiger partial charge in [0.2, 0.25) is 0 Å². The molecule has 0 amide bonds. The van der Waals surface area contributed by atoms with Gasteiger partial charge in [-0.3, -0.25) is 4.99 Å². The van der Waals surface area contributed by atoms with Gasteiger partial charge < -0.3 is 15.5 Å². The van der Waals surface area contributed by atoms with Crippen molar-refractivity contribution in [1.82, 2.24) is 15.5 Å². The third kappa shape index (κ3) is 7.83. The van der Waals surface area contributed by atoms with Crippen molar-refractivity contribution in [2.24, 2.45) is 4.99 Å². The Balaban J connectivity index is 0.00000288. The topological polar surface area (TPSA) is 39.7 Å². The van der Waals surface area contributed by atoms with Gasteiger partial charge in [-0.05, 0) is 38.8 Å². The van der Waals surface area contributed by atoms with Gasteiger partial charge in [0.05, 0.1) is 6.54 Å². The third-order valence-corrected chi connectivity index (χ3v) is 4.56. The number of nitrogens with one attached hydrogen (secondary N) is 2. The van der Waals surface area contributed by atoms with Gasteiger partial charge in [-0.1, -0.05) is 43.2 Å². The summed E-state index contributed by atoms with van der Waals surface area (Å²) in [7, 11) is 2.24. The second-order valence-corrected chi connectivity index (χ2v) is 6.34. The molecule has 0 unspecified atom stereocenters. The highest BCUT2D eigenvalue weighted by Gasteiger charge is 2.18. The van der Waals surface area contributed by atoms with Crippen LogP contribution in [0.3, 0.4) is 0 Å². The van der Waals surface area contributed by atoms with E-state index in [1.54, 1.807) is 0 Å². The number of rotatable bonds is 8. The van der Waals surface area contributed by atoms with Crippen LogP contribution >= 0.6 is 24.0 Å². The van der Waals surface area contributed by atoms with Crippen LogP contribution in [0.1, 0.15) is 38.2 Å². The summed E-state index contributed by atoms with van der Waals surface area (Å²) >= 11 is 0. The van der Waals surface area contributed by atoms with Gasteiger partial charge in [0, 0.05) is 25.7 Å². The molecule has 1 aliphatic carbocycles. The van der Waals surface area contributed by atoms with Gasteiger partial charge in [0.25, 0.3) is 0 Å². The van der Waals surface area contributed by atoms with Crippen LogP contribution in [0.5, 0.6) is 0 Å². The molecule has 0 saturated heterocycles. The highest BCUT2D eigenvalue weighted by Crippen LogP contribution is 2.21. The van der Waals surface area contributed by atoms with Crippen molar-refractivity contribution in [3.63, 3.8) is 0 Å². The standard InChI is InChI=1S/C19H32N4.HI/c1-3-20-19(21-14-13-17-9-5-4-6-10-17)22-15-16-23(2)18-11-7-8-12-18;/h4-6,9-10,18H,3,7-8,11-16H2,1-2H3,(H2,20,21,22);1H. The lowest BCUT2D eigenvalue weighted by Crippen LogP contribution is -2.39. The van der Waals surface area contributed by atoms with Crippen molar-refractivity contribution in [3.05, 3.63) is 35.9 Å². The Kier molecular flexibility index (Phi) is 11.1. The first kappa shape index (κ1) is 21.2. The van der Waals surface area contributed by atoms with E-state index in [1.165, 1.54) is 31.2 Å². The lowest BCUT2D eigenvalue weighted by Gasteiger charge is -2.23. The smallest absolute Gasteiger partial charge is 0.191 e. The molecule has 0 bridgehead atoms. The Hall–Kier alpha value is -0.820. The van der Waals surface area contributed by atoms with Crippen molar-refractivity contribution in [3.8, 4) is 0 Å². The van der Waals surface area contributed by atoms with E-state index >= 15 is 0 Å². The Bertz CT molecular complexity index is 458. The zero-order valence-electron chi connectivity index (χ0n) is 15.1. The molecule has 1 aromatic carbocycles. The van der Waals surface area contributed by atoms with Gasteiger partial charge in [-0.2, -0.15) is 0 Å². The van der Waals surface area contributed by atoms with Crippen LogP contribution in [-0.2, 0) is 6.42 Å². The number of halogens is 1. The van der Waals surface area contributed by atoms with E-state index in [2.05, 4.69) is 59.8 Å². The first-order valence-electron chi connectivity index (χ1n) is 9.06. The van der Waals surface area contributed by atoms with E-state index in [4.69, 9.17) is 4.99 Å². The SMILES string of the molecule is CCNC(=NCCN(C)C1CCCC1)NCCc1ccccc1.I. The molecule has 24 heavy (non-hydrogen) atoms. The maximum atomic E-state index is 4.71. The molecule has 0 aromatic heterocycles. The number of aliphatic imine (C=N–C) groups is 1. The van der Waals surface area contributed by atoms with E-state index in [0.29, 0.717) is 0 Å². The highest BCUT2D eigenvalue weighted by atomic mass is 127. The zero-order valence-corrected chi connectivity index (χ0v) is 17.5. The number of hydrogen-bond donors (Lipinski definition) is 2. The molecular formula is C19H33IN4. The molecule has 1 aromatic rings. The molecule has 1 aliphatic rings. The Labute approximate surface area is 164 Å². The molecule has 2 rings (SSSR count). The summed E-state index contributed by atoms with van der Waals surface area (Å²) < 4.78 is 0. The predicted octanol–water partition coefficient (Wildman–Crippen LogP) is 3.28. The fourth-order valence-electron chi connectivity index (χ4n) is 3.16. The van der Waals surface area contributed by atoms with Crippen molar-refractivity contribution in [1.29, 1.82) is 0 Å². The predicted molar refractivity (Wildman–Crippen MR) is 114 cm³/mol. The molecule has 1 fully saturated rings. The minimum atomic E-state index is 0. The quantitative estimate of drug-likeness (QED) is 0.367. The zero-order chi connectivity index (χ0) is 16.3. The Morgan fingerprint density at radius 2 is 1.88 bits per heavy atom. The van der Waals surface area contributed by atoms with Gasteiger partial charge >= 0.3 is 0 Å². The average Bonchev–Trinajstić information content (AvgIpc) is 3.10. The maximum absolute atomic E-state index is 4.71. The second kappa shape index (κ2) is 12.5. The largest absolute Gasteiger partial charge is 0.357 e. The molecule has 0 radical (unpaired) electrons. The monoisotopic (exact) mass is 444 g/mol. The number of guanidine groups is 1. The van der Waals surface area contributed by atoms with Crippen LogP contribution in [0.15, 0.2) is 35.3 Å². The Morgan fingerprint density at radius 1 is 1.17 bits per heavy atom. The second-order valence-electron chi connectivity index (χ2n) is 6.34. The van der Waals surface area contributed by atoms with Gasteiger partial charge in [0.1, 0.15) is 0 Å². The van der Waals surface area contributed by atoms with E-state index in [0.717, 1.165) is 44.6 Å². The summed E-state index contributed by atoms with van der Waals surface area (Å²) in [6.07, 6.45) is 6.52. The van der Waals surface area contributed by atoms with E-state index in [-0.39, 0.29) is 24.0 Å². The Morgan fingerprint density at radius 3 is 2.54 bits per heavy atom. The fourth-order valence-corrected chi connectivity index (χ4v) is 3.16. The van der Waals surface area contributed by atoms with Crippen LogP contribution in [0.2, 0.25) is 0 Å². The van der Waals surface area contributed by atoms with Gasteiger partial charge in [0.15, 0.2) is 5.96 Å². The molecule has 0 spiro atoms. The molecule has 4 nitrogen and oxygen atoms in total. The van der Waals surface area contributed by atoms with Crippen molar-refractivity contribution < 1.29 is 0 Å². The molecular weight excluding hydrogens is 411 g/mol. The molecule has 1 saturated carbocycles. The summed E-state index contributed by atoms with van der Waals surface area (Å²) in [5, 5.41) is 6.77. The number of hydrogen-bond acceptors (Lipinski definition) is 2. The summed E-state index contributed by atoms with van der Waals surface area (Å²) in [5.74, 6) is 0.934. The van der Waals surface area contributed by atoms with Crippen LogP contribution in [0.25, 0.3) is 0 Å². The molecule has 5 heteroatoms. The van der Waals surface area contributed by atoms with Crippen molar-refractivity contribution in [2.75, 3.05) is 33.2 Å². The maximum Gasteiger partial charge on any atom is 0.191 e. The normalized spacial score (nSPS) is 15.4. The lowest BCUT2D eigenvalue weighted by atomic mass is 10.1. The van der Waals surface area contributed by atoms with Gasteiger partial charge in [-0.25, -0.2) is 0 Å². The number of likely N-dealkylation sites (N-methyl/N-ethyl adjacent to an activating group) is 1. The average molecular weight is 444 g/mol. The van der Waals surface area contributed by atoms with E-state index in [1.807, 2.05) is 0 Å². The molecule has 2 N–H and O–H groups in total. The van der Waals surface area contributed by atoms with Crippen LogP contribution < -0.4 is 10.6 Å². The fraction of sp³-hybridized carbons (Fsp3) is 0.632. The minimum Gasteiger partial charge on any atom is -0.357 e. The summed E-state index contributed by atoms with van der Waals surface area (Å²) in [5.41, 5.74) is 1.36. The van der Waals surface area contributed by atoms with E-state index in [9.17, 15) is 0 Å². The van der Waals surface area contributed by atoms with Crippen molar-refractivity contribution >= 4 is 29.9 Å². The molecule has 0 atom stereocenters. The summed E-state index contributed by atoms with van der Waals surface area (Å²) in [4.78, 5) is 7.19. The van der Waals surface area contributed by atoms with Crippen LogP contribution in [0.4, 0.5) is 0 Å². The first-order chi connectivity index (χ1) is 11.3. The van der Waals surface area contributed by atoms with E-state index < -0.39 is 0 Å². The van der Waals surface area contributed by atoms with Crippen molar-refractivity contribution in [2.45, 2.75) is 45.1 Å².